The molecule has 2 atom stereocenters. The van der Waals surface area contributed by atoms with Gasteiger partial charge in [-0.05, 0) is 19.4 Å². The summed E-state index contributed by atoms with van der Waals surface area (Å²) < 4.78 is 40.3. The molecular weight excluding hydrogens is 281 g/mol. The van der Waals surface area contributed by atoms with Gasteiger partial charge in [0.2, 0.25) is 0 Å². The standard InChI is InChI=1S/C15H19F3N2O/c1-3-9-8-20(5-4-13(9)19-2)15(21)14-11(17)6-10(16)7-12(14)18/h6-7,9,13,19H,3-5,8H2,1-2H3. The van der Waals surface area contributed by atoms with Crippen LogP contribution in [0.1, 0.15) is 30.1 Å². The Morgan fingerprint density at radius 1 is 1.33 bits per heavy atom. The first kappa shape index (κ1) is 15.8. The largest absolute Gasteiger partial charge is 0.338 e. The SMILES string of the molecule is CCC1CN(C(=O)c2c(F)cc(F)cc2F)CCC1NC. The highest BCUT2D eigenvalue weighted by Crippen LogP contribution is 2.24. The lowest BCUT2D eigenvalue weighted by molar-refractivity contribution is 0.0622. The van der Waals surface area contributed by atoms with E-state index in [1.807, 2.05) is 14.0 Å². The summed E-state index contributed by atoms with van der Waals surface area (Å²) in [5, 5.41) is 3.20. The Balaban J connectivity index is 2.21. The van der Waals surface area contributed by atoms with Crippen molar-refractivity contribution in [3.8, 4) is 0 Å². The van der Waals surface area contributed by atoms with Crippen LogP contribution < -0.4 is 5.32 Å². The highest BCUT2D eigenvalue weighted by molar-refractivity contribution is 5.94. The van der Waals surface area contributed by atoms with Crippen LogP contribution in [0, 0.1) is 23.4 Å². The van der Waals surface area contributed by atoms with Crippen LogP contribution in [0.3, 0.4) is 0 Å². The molecule has 0 spiro atoms. The zero-order chi connectivity index (χ0) is 15.6. The summed E-state index contributed by atoms with van der Waals surface area (Å²) in [4.78, 5) is 13.8. The number of nitrogens with zero attached hydrogens (tertiary/aromatic N) is 1. The van der Waals surface area contributed by atoms with Gasteiger partial charge in [-0.2, -0.15) is 0 Å². The van der Waals surface area contributed by atoms with E-state index >= 15 is 0 Å². The number of halogens is 3. The first-order chi connectivity index (χ1) is 9.97. The normalized spacial score (nSPS) is 22.4. The zero-order valence-corrected chi connectivity index (χ0v) is 12.1. The molecule has 1 aromatic rings. The molecule has 6 heteroatoms. The van der Waals surface area contributed by atoms with Crippen LogP contribution in [0.15, 0.2) is 12.1 Å². The topological polar surface area (TPSA) is 32.3 Å². The Kier molecular flexibility index (Phi) is 4.88. The van der Waals surface area contributed by atoms with Crippen molar-refractivity contribution in [2.24, 2.45) is 5.92 Å². The molecule has 1 saturated heterocycles. The van der Waals surface area contributed by atoms with Crippen molar-refractivity contribution in [1.29, 1.82) is 0 Å². The molecule has 1 aliphatic rings. The van der Waals surface area contributed by atoms with Crippen molar-refractivity contribution >= 4 is 5.91 Å². The number of carbonyl (C=O) groups is 1. The monoisotopic (exact) mass is 300 g/mol. The van der Waals surface area contributed by atoms with E-state index in [0.29, 0.717) is 31.3 Å². The molecule has 1 fully saturated rings. The molecule has 0 bridgehead atoms. The Bertz CT molecular complexity index is 513. The highest BCUT2D eigenvalue weighted by Gasteiger charge is 2.32. The molecule has 0 radical (unpaired) electrons. The molecule has 2 unspecified atom stereocenters. The maximum Gasteiger partial charge on any atom is 0.259 e. The minimum absolute atomic E-state index is 0.235. The van der Waals surface area contributed by atoms with Crippen molar-refractivity contribution in [1.82, 2.24) is 10.2 Å². The molecule has 3 nitrogen and oxygen atoms in total. The fourth-order valence-electron chi connectivity index (χ4n) is 2.91. The van der Waals surface area contributed by atoms with E-state index < -0.39 is 28.9 Å². The van der Waals surface area contributed by atoms with Gasteiger partial charge in [0.1, 0.15) is 23.0 Å². The van der Waals surface area contributed by atoms with Gasteiger partial charge in [-0.3, -0.25) is 4.79 Å². The Labute approximate surface area is 122 Å². The number of carbonyl (C=O) groups excluding carboxylic acids is 1. The van der Waals surface area contributed by atoms with Gasteiger partial charge in [0, 0.05) is 31.3 Å². The van der Waals surface area contributed by atoms with Crippen LogP contribution in [0.25, 0.3) is 0 Å². The summed E-state index contributed by atoms with van der Waals surface area (Å²) >= 11 is 0. The first-order valence-electron chi connectivity index (χ1n) is 7.09. The molecule has 0 aliphatic carbocycles. The first-order valence-corrected chi connectivity index (χ1v) is 7.09. The summed E-state index contributed by atoms with van der Waals surface area (Å²) in [5.41, 5.74) is -0.672. The molecule has 116 valence electrons. The third kappa shape index (κ3) is 3.20. The van der Waals surface area contributed by atoms with Gasteiger partial charge in [0.15, 0.2) is 0 Å². The molecule has 1 aromatic carbocycles. The van der Waals surface area contributed by atoms with Crippen molar-refractivity contribution in [3.05, 3.63) is 35.1 Å². The van der Waals surface area contributed by atoms with Crippen LogP contribution in [-0.2, 0) is 0 Å². The maximum atomic E-state index is 13.7. The number of benzene rings is 1. The van der Waals surface area contributed by atoms with E-state index in [1.165, 1.54) is 4.90 Å². The second-order valence-electron chi connectivity index (χ2n) is 5.35. The highest BCUT2D eigenvalue weighted by atomic mass is 19.1. The smallest absolute Gasteiger partial charge is 0.259 e. The lowest BCUT2D eigenvalue weighted by Gasteiger charge is -2.38. The number of hydrogen-bond donors (Lipinski definition) is 1. The van der Waals surface area contributed by atoms with E-state index in [0.717, 1.165) is 12.8 Å². The molecular formula is C15H19F3N2O. The Morgan fingerprint density at radius 2 is 1.95 bits per heavy atom. The molecule has 1 amide bonds. The maximum absolute atomic E-state index is 13.7. The average molecular weight is 300 g/mol. The number of piperidine rings is 1. The third-order valence-corrected chi connectivity index (χ3v) is 4.14. The van der Waals surface area contributed by atoms with E-state index in [-0.39, 0.29) is 5.92 Å². The van der Waals surface area contributed by atoms with E-state index in [2.05, 4.69) is 5.32 Å². The fraction of sp³-hybridized carbons (Fsp3) is 0.533. The summed E-state index contributed by atoms with van der Waals surface area (Å²) in [6.45, 7) is 2.89. The van der Waals surface area contributed by atoms with E-state index in [1.54, 1.807) is 0 Å². The second-order valence-corrected chi connectivity index (χ2v) is 5.35. The van der Waals surface area contributed by atoms with Gasteiger partial charge in [-0.15, -0.1) is 0 Å². The molecule has 1 aliphatic heterocycles. The van der Waals surface area contributed by atoms with E-state index in [9.17, 15) is 18.0 Å². The van der Waals surface area contributed by atoms with Crippen molar-refractivity contribution in [2.45, 2.75) is 25.8 Å². The number of rotatable bonds is 3. The van der Waals surface area contributed by atoms with Crippen molar-refractivity contribution in [3.63, 3.8) is 0 Å². The Hall–Kier alpha value is -1.56. The van der Waals surface area contributed by atoms with Crippen LogP contribution in [0.4, 0.5) is 13.2 Å². The minimum Gasteiger partial charge on any atom is -0.338 e. The Morgan fingerprint density at radius 3 is 2.48 bits per heavy atom. The molecule has 21 heavy (non-hydrogen) atoms. The molecule has 0 saturated carbocycles. The number of likely N-dealkylation sites (tertiary alicyclic amines) is 1. The van der Waals surface area contributed by atoms with Gasteiger partial charge in [-0.1, -0.05) is 13.3 Å². The second kappa shape index (κ2) is 6.47. The molecule has 2 rings (SSSR count). The number of amides is 1. The van der Waals surface area contributed by atoms with Crippen LogP contribution in [0.5, 0.6) is 0 Å². The van der Waals surface area contributed by atoms with E-state index in [4.69, 9.17) is 0 Å². The van der Waals surface area contributed by atoms with Gasteiger partial charge in [0.05, 0.1) is 0 Å². The average Bonchev–Trinajstić information content (AvgIpc) is 2.45. The lowest BCUT2D eigenvalue weighted by Crippen LogP contribution is -2.50. The molecule has 0 aromatic heterocycles. The van der Waals surface area contributed by atoms with Crippen LogP contribution in [-0.4, -0.2) is 37.0 Å². The van der Waals surface area contributed by atoms with Crippen molar-refractivity contribution < 1.29 is 18.0 Å². The lowest BCUT2D eigenvalue weighted by atomic mass is 9.89. The summed E-state index contributed by atoms with van der Waals surface area (Å²) in [5.74, 6) is -3.80. The summed E-state index contributed by atoms with van der Waals surface area (Å²) in [7, 11) is 1.87. The van der Waals surface area contributed by atoms with Gasteiger partial charge in [0.25, 0.3) is 5.91 Å². The number of nitrogens with one attached hydrogen (secondary N) is 1. The fourth-order valence-corrected chi connectivity index (χ4v) is 2.91. The van der Waals surface area contributed by atoms with Gasteiger partial charge >= 0.3 is 0 Å². The van der Waals surface area contributed by atoms with Crippen LogP contribution >= 0.6 is 0 Å². The predicted octanol–water partition coefficient (Wildman–Crippen LogP) is 2.56. The van der Waals surface area contributed by atoms with Gasteiger partial charge in [-0.25, -0.2) is 13.2 Å². The molecule has 1 N–H and O–H groups in total. The quantitative estimate of drug-likeness (QED) is 0.930. The van der Waals surface area contributed by atoms with Crippen LogP contribution in [0.2, 0.25) is 0 Å². The minimum atomic E-state index is -1.15. The van der Waals surface area contributed by atoms with Gasteiger partial charge < -0.3 is 10.2 Å². The summed E-state index contributed by atoms with van der Waals surface area (Å²) in [6.07, 6.45) is 1.59. The van der Waals surface area contributed by atoms with Crippen molar-refractivity contribution in [2.75, 3.05) is 20.1 Å². The number of hydrogen-bond acceptors (Lipinski definition) is 2. The predicted molar refractivity (Wildman–Crippen MR) is 73.5 cm³/mol. The molecule has 1 heterocycles. The third-order valence-electron chi connectivity index (χ3n) is 4.14. The summed E-state index contributed by atoms with van der Waals surface area (Å²) in [6, 6.07) is 1.36. The zero-order valence-electron chi connectivity index (χ0n) is 12.1.